The molecule has 2 rings (SSSR count). The zero-order valence-electron chi connectivity index (χ0n) is 10.9. The Morgan fingerprint density at radius 3 is 2.25 bits per heavy atom. The van der Waals surface area contributed by atoms with Crippen LogP contribution in [0.1, 0.15) is 35.4 Å². The molecule has 1 atom stereocenters. The minimum absolute atomic E-state index is 0.210. The lowest BCUT2D eigenvalue weighted by Gasteiger charge is -2.12. The van der Waals surface area contributed by atoms with Crippen LogP contribution in [0.25, 0.3) is 0 Å². The Morgan fingerprint density at radius 1 is 1.25 bits per heavy atom. The summed E-state index contributed by atoms with van der Waals surface area (Å²) in [7, 11) is 0. The average molecular weight is 283 g/mol. The van der Waals surface area contributed by atoms with Crippen molar-refractivity contribution in [1.29, 1.82) is 0 Å². The summed E-state index contributed by atoms with van der Waals surface area (Å²) in [5, 5.41) is 3.77. The Labute approximate surface area is 113 Å². The van der Waals surface area contributed by atoms with Gasteiger partial charge in [0.25, 0.3) is 0 Å². The molecule has 0 fully saturated rings. The average Bonchev–Trinajstić information content (AvgIpc) is 2.75. The number of hydrogen-bond acceptors (Lipinski definition) is 3. The van der Waals surface area contributed by atoms with E-state index in [1.165, 1.54) is 19.1 Å². The summed E-state index contributed by atoms with van der Waals surface area (Å²) < 4.78 is 42.4. The molecule has 1 unspecified atom stereocenters. The van der Waals surface area contributed by atoms with Crippen LogP contribution in [0.3, 0.4) is 0 Å². The van der Waals surface area contributed by atoms with Gasteiger partial charge < -0.3 is 4.52 Å². The molecule has 2 aromatic rings. The van der Waals surface area contributed by atoms with Crippen molar-refractivity contribution < 1.29 is 22.5 Å². The molecule has 0 amide bonds. The first-order valence-corrected chi connectivity index (χ1v) is 5.90. The Morgan fingerprint density at radius 2 is 1.85 bits per heavy atom. The molecule has 0 aliphatic carbocycles. The monoisotopic (exact) mass is 283 g/mol. The molecule has 0 aliphatic heterocycles. The topological polar surface area (TPSA) is 43.1 Å². The van der Waals surface area contributed by atoms with Crippen LogP contribution in [-0.4, -0.2) is 10.9 Å². The van der Waals surface area contributed by atoms with Crippen molar-refractivity contribution in [2.45, 2.75) is 25.9 Å². The number of carbonyl (C=O) groups excluding carboxylic acids is 1. The van der Waals surface area contributed by atoms with Gasteiger partial charge in [-0.15, -0.1) is 0 Å². The van der Waals surface area contributed by atoms with Crippen LogP contribution in [0.5, 0.6) is 0 Å². The van der Waals surface area contributed by atoms with Crippen molar-refractivity contribution in [1.82, 2.24) is 5.16 Å². The number of aryl methyl sites for hydroxylation is 1. The SMILES string of the molecule is CC(=O)C(c1ccc(C(F)(F)F)cc1)c1cc(C)on1. The number of halogens is 3. The minimum Gasteiger partial charge on any atom is -0.361 e. The molecule has 1 aromatic carbocycles. The molecule has 0 aliphatic rings. The highest BCUT2D eigenvalue weighted by molar-refractivity contribution is 5.86. The van der Waals surface area contributed by atoms with Gasteiger partial charge in [0.2, 0.25) is 0 Å². The quantitative estimate of drug-likeness (QED) is 0.862. The molecular weight excluding hydrogens is 271 g/mol. The summed E-state index contributed by atoms with van der Waals surface area (Å²) in [5.41, 5.74) is 0.105. The van der Waals surface area contributed by atoms with Crippen LogP contribution in [0.4, 0.5) is 13.2 Å². The third-order valence-electron chi connectivity index (χ3n) is 2.92. The first-order valence-electron chi connectivity index (χ1n) is 5.90. The molecule has 6 heteroatoms. The molecule has 1 aromatic heterocycles. The van der Waals surface area contributed by atoms with Crippen molar-refractivity contribution in [3.8, 4) is 0 Å². The number of nitrogens with zero attached hydrogens (tertiary/aromatic N) is 1. The highest BCUT2D eigenvalue weighted by atomic mass is 19.4. The van der Waals surface area contributed by atoms with Crippen molar-refractivity contribution in [2.24, 2.45) is 0 Å². The van der Waals surface area contributed by atoms with Crippen LogP contribution in [0, 0.1) is 6.92 Å². The van der Waals surface area contributed by atoms with Gasteiger partial charge >= 0.3 is 6.18 Å². The zero-order chi connectivity index (χ0) is 14.9. The first kappa shape index (κ1) is 14.3. The number of ketones is 1. The second-order valence-electron chi connectivity index (χ2n) is 4.53. The third-order valence-corrected chi connectivity index (χ3v) is 2.92. The zero-order valence-corrected chi connectivity index (χ0v) is 10.9. The Bertz CT molecular complexity index is 614. The Hall–Kier alpha value is -2.11. The van der Waals surface area contributed by atoms with E-state index in [0.717, 1.165) is 12.1 Å². The summed E-state index contributed by atoms with van der Waals surface area (Å²) >= 11 is 0. The third kappa shape index (κ3) is 2.89. The number of Topliss-reactive ketones (excluding diaryl/α,β-unsaturated/α-hetero) is 1. The van der Waals surface area contributed by atoms with E-state index < -0.39 is 17.7 Å². The number of hydrogen-bond donors (Lipinski definition) is 0. The van der Waals surface area contributed by atoms with E-state index in [1.807, 2.05) is 0 Å². The molecule has 0 spiro atoms. The summed E-state index contributed by atoms with van der Waals surface area (Å²) in [6.45, 7) is 3.05. The lowest BCUT2D eigenvalue weighted by Crippen LogP contribution is -2.12. The van der Waals surface area contributed by atoms with Crippen LogP contribution in [-0.2, 0) is 11.0 Å². The fourth-order valence-corrected chi connectivity index (χ4v) is 2.00. The van der Waals surface area contributed by atoms with E-state index >= 15 is 0 Å². The van der Waals surface area contributed by atoms with Gasteiger partial charge in [0.05, 0.1) is 17.2 Å². The second kappa shape index (κ2) is 5.11. The number of rotatable bonds is 3. The minimum atomic E-state index is -4.39. The molecule has 0 N–H and O–H groups in total. The Balaban J connectivity index is 2.38. The van der Waals surface area contributed by atoms with Crippen LogP contribution in [0.15, 0.2) is 34.9 Å². The van der Waals surface area contributed by atoms with Gasteiger partial charge in [-0.05, 0) is 31.5 Å². The molecule has 0 saturated carbocycles. The van der Waals surface area contributed by atoms with E-state index in [0.29, 0.717) is 17.0 Å². The first-order chi connectivity index (χ1) is 9.29. The van der Waals surface area contributed by atoms with E-state index in [9.17, 15) is 18.0 Å². The summed E-state index contributed by atoms with van der Waals surface area (Å²) in [6, 6.07) is 6.10. The predicted octanol–water partition coefficient (Wildman–Crippen LogP) is 3.72. The maximum Gasteiger partial charge on any atom is 0.416 e. The van der Waals surface area contributed by atoms with Crippen molar-refractivity contribution in [3.05, 3.63) is 52.9 Å². The van der Waals surface area contributed by atoms with Gasteiger partial charge in [-0.25, -0.2) is 0 Å². The Kier molecular flexibility index (Phi) is 3.65. The predicted molar refractivity (Wildman–Crippen MR) is 65.2 cm³/mol. The molecule has 3 nitrogen and oxygen atoms in total. The fraction of sp³-hybridized carbons (Fsp3) is 0.286. The molecule has 106 valence electrons. The lowest BCUT2D eigenvalue weighted by atomic mass is 9.91. The van der Waals surface area contributed by atoms with E-state index in [2.05, 4.69) is 5.16 Å². The largest absolute Gasteiger partial charge is 0.416 e. The van der Waals surface area contributed by atoms with E-state index in [1.54, 1.807) is 13.0 Å². The fourth-order valence-electron chi connectivity index (χ4n) is 2.00. The standard InChI is InChI=1S/C14H12F3NO2/c1-8-7-12(18-20-8)13(9(2)19)10-3-5-11(6-4-10)14(15,16)17/h3-7,13H,1-2H3. The highest BCUT2D eigenvalue weighted by Crippen LogP contribution is 2.31. The molecular formula is C14H12F3NO2. The van der Waals surface area contributed by atoms with Crippen LogP contribution >= 0.6 is 0 Å². The summed E-state index contributed by atoms with van der Waals surface area (Å²) in [5.74, 6) is -0.383. The van der Waals surface area contributed by atoms with Gasteiger partial charge in [0.1, 0.15) is 11.5 Å². The van der Waals surface area contributed by atoms with Gasteiger partial charge in [0.15, 0.2) is 0 Å². The smallest absolute Gasteiger partial charge is 0.361 e. The van der Waals surface area contributed by atoms with Gasteiger partial charge in [-0.1, -0.05) is 17.3 Å². The molecule has 0 radical (unpaired) electrons. The molecule has 0 saturated heterocycles. The highest BCUT2D eigenvalue weighted by Gasteiger charge is 2.31. The maximum atomic E-state index is 12.5. The van der Waals surface area contributed by atoms with Crippen molar-refractivity contribution in [3.63, 3.8) is 0 Å². The molecule has 0 bridgehead atoms. The number of carbonyl (C=O) groups is 1. The number of benzene rings is 1. The molecule has 20 heavy (non-hydrogen) atoms. The molecule has 1 heterocycles. The summed E-state index contributed by atoms with van der Waals surface area (Å²) in [4.78, 5) is 11.7. The van der Waals surface area contributed by atoms with Crippen molar-refractivity contribution in [2.75, 3.05) is 0 Å². The van der Waals surface area contributed by atoms with Crippen LogP contribution < -0.4 is 0 Å². The number of aromatic nitrogens is 1. The lowest BCUT2D eigenvalue weighted by molar-refractivity contribution is -0.137. The van der Waals surface area contributed by atoms with Crippen LogP contribution in [0.2, 0.25) is 0 Å². The number of alkyl halides is 3. The summed E-state index contributed by atoms with van der Waals surface area (Å²) in [6.07, 6.45) is -4.39. The van der Waals surface area contributed by atoms with Gasteiger partial charge in [-0.2, -0.15) is 13.2 Å². The van der Waals surface area contributed by atoms with E-state index in [4.69, 9.17) is 4.52 Å². The van der Waals surface area contributed by atoms with Gasteiger partial charge in [-0.3, -0.25) is 4.79 Å². The van der Waals surface area contributed by atoms with E-state index in [-0.39, 0.29) is 5.78 Å². The van der Waals surface area contributed by atoms with Crippen molar-refractivity contribution >= 4 is 5.78 Å². The van der Waals surface area contributed by atoms with Gasteiger partial charge in [0, 0.05) is 6.07 Å². The maximum absolute atomic E-state index is 12.5. The second-order valence-corrected chi connectivity index (χ2v) is 4.53. The normalized spacial score (nSPS) is 13.2.